The smallest absolute Gasteiger partial charge is 0.338 e. The van der Waals surface area contributed by atoms with Crippen LogP contribution in [0.15, 0.2) is 66.2 Å². The number of aliphatic hydroxyl groups is 1. The summed E-state index contributed by atoms with van der Waals surface area (Å²) in [5.74, 6) is -1.88. The predicted molar refractivity (Wildman–Crippen MR) is 147 cm³/mol. The second kappa shape index (κ2) is 11.0. The van der Waals surface area contributed by atoms with E-state index in [1.165, 1.54) is 23.1 Å². The lowest BCUT2D eigenvalue weighted by Gasteiger charge is -2.26. The molecule has 39 heavy (non-hydrogen) atoms. The number of aryl methyl sites for hydroxylation is 1. The standard InChI is InChI=1S/C31H31NO7/c1-6-39-31(37)20-8-7-9-21(15-20)32-27(19-10-12-22(33)13-11-19)26(29(35)30(32)36)28(34)24-16-23(17(2)3)25(38-5)14-18(24)4/h7-17,27,33-34H,6H2,1-5H3/b28-26+. The molecule has 1 aliphatic rings. The topological polar surface area (TPSA) is 113 Å². The van der Waals surface area contributed by atoms with Crippen LogP contribution in [0.25, 0.3) is 5.76 Å². The lowest BCUT2D eigenvalue weighted by atomic mass is 9.91. The number of hydrogen-bond acceptors (Lipinski definition) is 7. The minimum absolute atomic E-state index is 0.00702. The molecule has 1 unspecified atom stereocenters. The third-order valence-corrected chi connectivity index (χ3v) is 6.74. The lowest BCUT2D eigenvalue weighted by molar-refractivity contribution is -0.132. The zero-order valence-electron chi connectivity index (χ0n) is 22.5. The molecule has 202 valence electrons. The van der Waals surface area contributed by atoms with E-state index < -0.39 is 23.7 Å². The number of phenolic OH excluding ortho intramolecular Hbond substituents is 1. The van der Waals surface area contributed by atoms with Crippen LogP contribution in [0, 0.1) is 6.92 Å². The number of methoxy groups -OCH3 is 1. The maximum absolute atomic E-state index is 13.6. The summed E-state index contributed by atoms with van der Waals surface area (Å²) in [5, 5.41) is 21.5. The third kappa shape index (κ3) is 5.10. The van der Waals surface area contributed by atoms with Gasteiger partial charge >= 0.3 is 5.97 Å². The van der Waals surface area contributed by atoms with Crippen LogP contribution in [0.1, 0.15) is 65.3 Å². The minimum Gasteiger partial charge on any atom is -0.508 e. The molecule has 8 nitrogen and oxygen atoms in total. The second-order valence-electron chi connectivity index (χ2n) is 9.60. The van der Waals surface area contributed by atoms with Gasteiger partial charge < -0.3 is 19.7 Å². The Morgan fingerprint density at radius 1 is 1.05 bits per heavy atom. The summed E-state index contributed by atoms with van der Waals surface area (Å²) in [5.41, 5.74) is 2.79. The fraction of sp³-hybridized carbons (Fsp3) is 0.258. The molecule has 1 atom stereocenters. The monoisotopic (exact) mass is 529 g/mol. The van der Waals surface area contributed by atoms with E-state index in [2.05, 4.69) is 0 Å². The van der Waals surface area contributed by atoms with Crippen molar-refractivity contribution in [2.45, 2.75) is 39.7 Å². The van der Waals surface area contributed by atoms with Crippen molar-refractivity contribution < 1.29 is 34.1 Å². The number of esters is 1. The van der Waals surface area contributed by atoms with Crippen LogP contribution in [0.3, 0.4) is 0 Å². The first-order valence-electron chi connectivity index (χ1n) is 12.6. The number of aromatic hydroxyl groups is 1. The van der Waals surface area contributed by atoms with E-state index in [0.29, 0.717) is 22.4 Å². The number of carbonyl (C=O) groups is 3. The van der Waals surface area contributed by atoms with Crippen molar-refractivity contribution in [3.63, 3.8) is 0 Å². The Morgan fingerprint density at radius 3 is 2.36 bits per heavy atom. The molecule has 0 saturated carbocycles. The van der Waals surface area contributed by atoms with E-state index in [-0.39, 0.29) is 40.9 Å². The van der Waals surface area contributed by atoms with Gasteiger partial charge in [0.25, 0.3) is 11.7 Å². The molecule has 0 aromatic heterocycles. The van der Waals surface area contributed by atoms with Crippen LogP contribution >= 0.6 is 0 Å². The van der Waals surface area contributed by atoms with E-state index in [1.807, 2.05) is 13.8 Å². The first-order valence-corrected chi connectivity index (χ1v) is 12.6. The molecule has 0 aliphatic carbocycles. The Labute approximate surface area is 227 Å². The normalized spacial score (nSPS) is 16.6. The molecule has 0 spiro atoms. The van der Waals surface area contributed by atoms with Crippen molar-refractivity contribution in [1.29, 1.82) is 0 Å². The number of ether oxygens (including phenoxy) is 2. The number of phenols is 1. The SMILES string of the molecule is CCOC(=O)c1cccc(N2C(=O)C(=O)/C(=C(/O)c3cc(C(C)C)c(OC)cc3C)C2c2ccc(O)cc2)c1. The number of rotatable bonds is 7. The number of hydrogen-bond donors (Lipinski definition) is 2. The second-order valence-corrected chi connectivity index (χ2v) is 9.60. The van der Waals surface area contributed by atoms with Gasteiger partial charge in [-0.05, 0) is 78.9 Å². The van der Waals surface area contributed by atoms with E-state index in [0.717, 1.165) is 5.56 Å². The van der Waals surface area contributed by atoms with Crippen LogP contribution in [0.2, 0.25) is 0 Å². The molecule has 1 heterocycles. The van der Waals surface area contributed by atoms with Crippen LogP contribution < -0.4 is 9.64 Å². The molecular formula is C31H31NO7. The van der Waals surface area contributed by atoms with E-state index in [1.54, 1.807) is 63.4 Å². The maximum Gasteiger partial charge on any atom is 0.338 e. The van der Waals surface area contributed by atoms with Gasteiger partial charge in [0.2, 0.25) is 0 Å². The fourth-order valence-electron chi connectivity index (χ4n) is 4.79. The molecule has 3 aromatic carbocycles. The summed E-state index contributed by atoms with van der Waals surface area (Å²) < 4.78 is 10.6. The third-order valence-electron chi connectivity index (χ3n) is 6.74. The Morgan fingerprint density at radius 2 is 1.74 bits per heavy atom. The number of benzene rings is 3. The molecule has 1 saturated heterocycles. The fourth-order valence-corrected chi connectivity index (χ4v) is 4.79. The van der Waals surface area contributed by atoms with Gasteiger partial charge in [-0.25, -0.2) is 4.79 Å². The van der Waals surface area contributed by atoms with Gasteiger partial charge in [0.1, 0.15) is 17.3 Å². The molecule has 8 heteroatoms. The molecule has 4 rings (SSSR count). The van der Waals surface area contributed by atoms with E-state index in [4.69, 9.17) is 9.47 Å². The lowest BCUT2D eigenvalue weighted by Crippen LogP contribution is -2.29. The highest BCUT2D eigenvalue weighted by atomic mass is 16.5. The molecule has 0 bridgehead atoms. The number of anilines is 1. The molecule has 0 radical (unpaired) electrons. The summed E-state index contributed by atoms with van der Waals surface area (Å²) in [6, 6.07) is 14.8. The van der Waals surface area contributed by atoms with Gasteiger partial charge in [0.15, 0.2) is 0 Å². The zero-order valence-corrected chi connectivity index (χ0v) is 22.5. The highest BCUT2D eigenvalue weighted by Crippen LogP contribution is 2.44. The summed E-state index contributed by atoms with van der Waals surface area (Å²) in [7, 11) is 1.57. The summed E-state index contributed by atoms with van der Waals surface area (Å²) in [6.07, 6.45) is 0. The number of ketones is 1. The van der Waals surface area contributed by atoms with Crippen molar-refractivity contribution in [3.8, 4) is 11.5 Å². The highest BCUT2D eigenvalue weighted by Gasteiger charge is 2.47. The number of aliphatic hydroxyl groups excluding tert-OH is 1. The Bertz CT molecular complexity index is 1470. The predicted octanol–water partition coefficient (Wildman–Crippen LogP) is 5.64. The van der Waals surface area contributed by atoms with Crippen molar-refractivity contribution in [2.24, 2.45) is 0 Å². The molecule has 3 aromatic rings. The maximum atomic E-state index is 13.6. The zero-order chi connectivity index (χ0) is 28.4. The highest BCUT2D eigenvalue weighted by molar-refractivity contribution is 6.51. The Hall–Kier alpha value is -4.59. The Balaban J connectivity index is 1.96. The van der Waals surface area contributed by atoms with Crippen molar-refractivity contribution in [1.82, 2.24) is 0 Å². The molecule has 1 fully saturated rings. The molecular weight excluding hydrogens is 498 g/mol. The van der Waals surface area contributed by atoms with E-state index in [9.17, 15) is 24.6 Å². The van der Waals surface area contributed by atoms with E-state index >= 15 is 0 Å². The van der Waals surface area contributed by atoms with Gasteiger partial charge in [-0.2, -0.15) is 0 Å². The quantitative estimate of drug-likeness (QED) is 0.176. The van der Waals surface area contributed by atoms with Gasteiger partial charge in [-0.1, -0.05) is 32.0 Å². The van der Waals surface area contributed by atoms with Gasteiger partial charge in [0, 0.05) is 11.3 Å². The molecule has 2 N–H and O–H groups in total. The van der Waals surface area contributed by atoms with Gasteiger partial charge in [-0.15, -0.1) is 0 Å². The van der Waals surface area contributed by atoms with Crippen molar-refractivity contribution in [2.75, 3.05) is 18.6 Å². The van der Waals surface area contributed by atoms with Crippen LogP contribution in [-0.4, -0.2) is 41.6 Å². The average molecular weight is 530 g/mol. The van der Waals surface area contributed by atoms with Gasteiger partial charge in [0.05, 0.1) is 30.9 Å². The number of amides is 1. The first-order chi connectivity index (χ1) is 18.6. The van der Waals surface area contributed by atoms with Gasteiger partial charge in [-0.3, -0.25) is 14.5 Å². The average Bonchev–Trinajstić information content (AvgIpc) is 3.18. The van der Waals surface area contributed by atoms with Crippen LogP contribution in [-0.2, 0) is 14.3 Å². The molecule has 1 amide bonds. The summed E-state index contributed by atoms with van der Waals surface area (Å²) in [4.78, 5) is 40.7. The summed E-state index contributed by atoms with van der Waals surface area (Å²) >= 11 is 0. The molecule has 1 aliphatic heterocycles. The number of carbonyl (C=O) groups excluding carboxylic acids is 3. The summed E-state index contributed by atoms with van der Waals surface area (Å²) in [6.45, 7) is 7.64. The number of nitrogens with zero attached hydrogens (tertiary/aromatic N) is 1. The van der Waals surface area contributed by atoms with Crippen molar-refractivity contribution in [3.05, 3.63) is 94.1 Å². The first kappa shape index (κ1) is 27.4. The Kier molecular flexibility index (Phi) is 7.76. The number of Topliss-reactive ketones (excluding diaryl/α,β-unsaturated/α-hetero) is 1. The van der Waals surface area contributed by atoms with Crippen LogP contribution in [0.4, 0.5) is 5.69 Å². The van der Waals surface area contributed by atoms with Crippen molar-refractivity contribution >= 4 is 29.1 Å². The largest absolute Gasteiger partial charge is 0.508 e. The van der Waals surface area contributed by atoms with Crippen LogP contribution in [0.5, 0.6) is 11.5 Å². The minimum atomic E-state index is -1.02.